The van der Waals surface area contributed by atoms with Crippen LogP contribution in [-0.4, -0.2) is 54.1 Å². The number of imidazole rings is 1. The van der Waals surface area contributed by atoms with E-state index in [1.807, 2.05) is 24.9 Å². The molecule has 0 aliphatic carbocycles. The molecule has 0 saturated heterocycles. The number of carbonyl (C=O) groups excluding carboxylic acids is 1. The zero-order valence-electron chi connectivity index (χ0n) is 11.1. The number of aromatic nitrogens is 2. The summed E-state index contributed by atoms with van der Waals surface area (Å²) in [6.45, 7) is 3.53. The van der Waals surface area contributed by atoms with Crippen molar-refractivity contribution in [2.75, 3.05) is 39.0 Å². The van der Waals surface area contributed by atoms with Crippen molar-refractivity contribution in [1.82, 2.24) is 19.8 Å². The van der Waals surface area contributed by atoms with E-state index in [1.165, 1.54) is 0 Å². The third kappa shape index (κ3) is 3.22. The van der Waals surface area contributed by atoms with Gasteiger partial charge in [-0.05, 0) is 33.5 Å². The van der Waals surface area contributed by atoms with Crippen molar-refractivity contribution in [3.05, 3.63) is 11.9 Å². The smallest absolute Gasteiger partial charge is 0.271 e. The van der Waals surface area contributed by atoms with Crippen LogP contribution < -0.4 is 10.6 Å². The number of hydrogen-bond acceptors (Lipinski definition) is 4. The van der Waals surface area contributed by atoms with Gasteiger partial charge in [0.25, 0.3) is 5.91 Å². The summed E-state index contributed by atoms with van der Waals surface area (Å²) < 4.78 is 2.00. The van der Waals surface area contributed by atoms with Gasteiger partial charge in [0.2, 0.25) is 5.95 Å². The van der Waals surface area contributed by atoms with Gasteiger partial charge in [0.15, 0.2) is 0 Å². The van der Waals surface area contributed by atoms with Crippen LogP contribution in [0.3, 0.4) is 0 Å². The number of fused-ring (bicyclic) bond motifs is 1. The van der Waals surface area contributed by atoms with E-state index in [9.17, 15) is 4.79 Å². The Balaban J connectivity index is 1.83. The number of rotatable bonds is 5. The van der Waals surface area contributed by atoms with Gasteiger partial charge in [-0.1, -0.05) is 0 Å². The highest BCUT2D eigenvalue weighted by atomic mass is 16.1. The Morgan fingerprint density at radius 3 is 3.17 bits per heavy atom. The third-order valence-corrected chi connectivity index (χ3v) is 2.94. The molecule has 6 heteroatoms. The van der Waals surface area contributed by atoms with Crippen LogP contribution in [-0.2, 0) is 6.54 Å². The van der Waals surface area contributed by atoms with Gasteiger partial charge in [-0.2, -0.15) is 0 Å². The molecule has 100 valence electrons. The normalized spacial score (nSPS) is 14.2. The summed E-state index contributed by atoms with van der Waals surface area (Å²) in [5, 5.41) is 6.08. The first-order chi connectivity index (χ1) is 8.66. The fourth-order valence-electron chi connectivity index (χ4n) is 1.97. The van der Waals surface area contributed by atoms with Gasteiger partial charge in [-0.3, -0.25) is 4.79 Å². The second-order valence-corrected chi connectivity index (χ2v) is 4.84. The molecular weight excluding hydrogens is 230 g/mol. The Hall–Kier alpha value is -1.56. The van der Waals surface area contributed by atoms with Crippen molar-refractivity contribution in [2.45, 2.75) is 19.4 Å². The predicted octanol–water partition coefficient (Wildman–Crippen LogP) is 0.380. The number of aryl methyl sites for hydroxylation is 1. The Morgan fingerprint density at radius 2 is 2.44 bits per heavy atom. The van der Waals surface area contributed by atoms with Crippen LogP contribution in [0.15, 0.2) is 6.20 Å². The van der Waals surface area contributed by atoms with E-state index >= 15 is 0 Å². The summed E-state index contributed by atoms with van der Waals surface area (Å²) in [5.41, 5.74) is 0.504. The fraction of sp³-hybridized carbons (Fsp3) is 0.667. The number of nitrogens with one attached hydrogen (secondary N) is 2. The van der Waals surface area contributed by atoms with Crippen LogP contribution in [0.25, 0.3) is 0 Å². The quantitative estimate of drug-likeness (QED) is 0.743. The maximum Gasteiger partial charge on any atom is 0.271 e. The average molecular weight is 251 g/mol. The van der Waals surface area contributed by atoms with Gasteiger partial charge >= 0.3 is 0 Å². The summed E-state index contributed by atoms with van der Waals surface area (Å²) in [5.74, 6) is 0.720. The Kier molecular flexibility index (Phi) is 4.19. The Morgan fingerprint density at radius 1 is 1.61 bits per heavy atom. The minimum Gasteiger partial charge on any atom is -0.356 e. The molecule has 2 N–H and O–H groups in total. The van der Waals surface area contributed by atoms with Crippen LogP contribution in [0.5, 0.6) is 0 Å². The first-order valence-electron chi connectivity index (χ1n) is 6.41. The second kappa shape index (κ2) is 5.86. The Labute approximate surface area is 107 Å². The van der Waals surface area contributed by atoms with Gasteiger partial charge in [-0.15, -0.1) is 0 Å². The number of nitrogens with zero attached hydrogens (tertiary/aromatic N) is 3. The molecule has 0 bridgehead atoms. The standard InChI is InChI=1S/C12H21N5O/c1-16(2)7-3-5-13-11(18)10-9-17-8-4-6-14-12(17)15-10/h9H,3-8H2,1-2H3,(H,13,18)(H,14,15). The Bertz CT molecular complexity index is 389. The maximum atomic E-state index is 11.9. The monoisotopic (exact) mass is 251 g/mol. The summed E-state index contributed by atoms with van der Waals surface area (Å²) in [7, 11) is 4.05. The van der Waals surface area contributed by atoms with Crippen LogP contribution in [0.2, 0.25) is 0 Å². The zero-order chi connectivity index (χ0) is 13.0. The van der Waals surface area contributed by atoms with Gasteiger partial charge in [0.05, 0.1) is 0 Å². The summed E-state index contributed by atoms with van der Waals surface area (Å²) >= 11 is 0. The lowest BCUT2D eigenvalue weighted by molar-refractivity contribution is 0.0948. The van der Waals surface area contributed by atoms with Crippen molar-refractivity contribution >= 4 is 11.9 Å². The SMILES string of the molecule is CN(C)CCCNC(=O)c1cn2c(n1)NCCC2. The largest absolute Gasteiger partial charge is 0.356 e. The summed E-state index contributed by atoms with van der Waals surface area (Å²) in [6, 6.07) is 0. The lowest BCUT2D eigenvalue weighted by Gasteiger charge is -2.14. The lowest BCUT2D eigenvalue weighted by Crippen LogP contribution is -2.27. The van der Waals surface area contributed by atoms with Crippen molar-refractivity contribution in [2.24, 2.45) is 0 Å². The molecule has 1 aromatic heterocycles. The van der Waals surface area contributed by atoms with Gasteiger partial charge < -0.3 is 20.1 Å². The number of hydrogen-bond donors (Lipinski definition) is 2. The number of amides is 1. The van der Waals surface area contributed by atoms with Crippen molar-refractivity contribution in [3.63, 3.8) is 0 Å². The topological polar surface area (TPSA) is 62.2 Å². The van der Waals surface area contributed by atoms with E-state index in [-0.39, 0.29) is 5.91 Å². The molecule has 0 atom stereocenters. The summed E-state index contributed by atoms with van der Waals surface area (Å²) in [4.78, 5) is 18.3. The van der Waals surface area contributed by atoms with Crippen LogP contribution in [0.4, 0.5) is 5.95 Å². The zero-order valence-corrected chi connectivity index (χ0v) is 11.1. The molecule has 1 aliphatic heterocycles. The number of carbonyl (C=O) groups is 1. The van der Waals surface area contributed by atoms with E-state index in [4.69, 9.17) is 0 Å². The molecule has 18 heavy (non-hydrogen) atoms. The molecule has 1 aromatic rings. The maximum absolute atomic E-state index is 11.9. The molecule has 0 aromatic carbocycles. The molecule has 2 heterocycles. The van der Waals surface area contributed by atoms with E-state index in [2.05, 4.69) is 20.5 Å². The van der Waals surface area contributed by atoms with E-state index in [0.717, 1.165) is 38.4 Å². The van der Waals surface area contributed by atoms with Crippen LogP contribution in [0.1, 0.15) is 23.3 Å². The third-order valence-electron chi connectivity index (χ3n) is 2.94. The molecular formula is C12H21N5O. The molecule has 0 fully saturated rings. The van der Waals surface area contributed by atoms with Crippen molar-refractivity contribution in [1.29, 1.82) is 0 Å². The minimum absolute atomic E-state index is 0.0857. The predicted molar refractivity (Wildman–Crippen MR) is 70.8 cm³/mol. The highest BCUT2D eigenvalue weighted by Crippen LogP contribution is 2.13. The van der Waals surface area contributed by atoms with Crippen LogP contribution in [0, 0.1) is 0 Å². The molecule has 0 spiro atoms. The average Bonchev–Trinajstić information content (AvgIpc) is 2.78. The molecule has 0 unspecified atom stereocenters. The highest BCUT2D eigenvalue weighted by molar-refractivity contribution is 5.92. The van der Waals surface area contributed by atoms with Gasteiger partial charge in [0, 0.05) is 25.8 Å². The van der Waals surface area contributed by atoms with Gasteiger partial charge in [0.1, 0.15) is 5.69 Å². The lowest BCUT2D eigenvalue weighted by atomic mass is 10.3. The second-order valence-electron chi connectivity index (χ2n) is 4.84. The van der Waals surface area contributed by atoms with Crippen LogP contribution >= 0.6 is 0 Å². The fourth-order valence-corrected chi connectivity index (χ4v) is 1.97. The first kappa shape index (κ1) is 12.9. The molecule has 0 radical (unpaired) electrons. The molecule has 1 amide bonds. The van der Waals surface area contributed by atoms with E-state index < -0.39 is 0 Å². The summed E-state index contributed by atoms with van der Waals surface area (Å²) in [6.07, 6.45) is 3.85. The van der Waals surface area contributed by atoms with E-state index in [0.29, 0.717) is 12.2 Å². The molecule has 1 aliphatic rings. The highest BCUT2D eigenvalue weighted by Gasteiger charge is 2.15. The van der Waals surface area contributed by atoms with Crippen molar-refractivity contribution in [3.8, 4) is 0 Å². The molecule has 2 rings (SSSR count). The van der Waals surface area contributed by atoms with Crippen molar-refractivity contribution < 1.29 is 4.79 Å². The first-order valence-corrected chi connectivity index (χ1v) is 6.41. The van der Waals surface area contributed by atoms with E-state index in [1.54, 1.807) is 0 Å². The molecule has 0 saturated carbocycles. The molecule has 6 nitrogen and oxygen atoms in total. The van der Waals surface area contributed by atoms with Gasteiger partial charge in [-0.25, -0.2) is 4.98 Å². The minimum atomic E-state index is -0.0857. The number of anilines is 1.